The molecule has 0 fully saturated rings. The molecule has 7 heteroatoms. The molecule has 0 aliphatic rings. The van der Waals surface area contributed by atoms with E-state index < -0.39 is 23.8 Å². The van der Waals surface area contributed by atoms with E-state index in [4.69, 9.17) is 4.74 Å². The van der Waals surface area contributed by atoms with Crippen molar-refractivity contribution in [3.8, 4) is 0 Å². The second kappa shape index (κ2) is 12.3. The van der Waals surface area contributed by atoms with Crippen LogP contribution in [0.2, 0.25) is 0 Å². The average molecular weight is 532 g/mol. The Hall–Kier alpha value is -3.87. The van der Waals surface area contributed by atoms with Crippen LogP contribution < -0.4 is 10.6 Å². The molecular weight excluding hydrogens is 490 g/mol. The number of carbonyl (C=O) groups is 3. The Labute approximate surface area is 231 Å². The molecule has 39 heavy (non-hydrogen) atoms. The predicted octanol–water partition coefficient (Wildman–Crippen LogP) is 6.61. The number of anilines is 1. The summed E-state index contributed by atoms with van der Waals surface area (Å²) in [5.74, 6) is -0.929. The fourth-order valence-corrected chi connectivity index (χ4v) is 4.58. The van der Waals surface area contributed by atoms with E-state index >= 15 is 0 Å². The molecule has 3 aromatic carbocycles. The van der Waals surface area contributed by atoms with Gasteiger partial charge < -0.3 is 20.3 Å². The Morgan fingerprint density at radius 1 is 0.846 bits per heavy atom. The number of benzene rings is 3. The Morgan fingerprint density at radius 2 is 1.46 bits per heavy atom. The summed E-state index contributed by atoms with van der Waals surface area (Å²) < 4.78 is 5.43. The fourth-order valence-electron chi connectivity index (χ4n) is 4.58. The van der Waals surface area contributed by atoms with Gasteiger partial charge in [-0.05, 0) is 81.5 Å². The molecule has 0 aliphatic heterocycles. The molecule has 208 valence electrons. The molecule has 0 bridgehead atoms. The van der Waals surface area contributed by atoms with Crippen molar-refractivity contribution < 1.29 is 19.1 Å². The van der Waals surface area contributed by atoms with Crippen LogP contribution in [0.25, 0.3) is 10.8 Å². The summed E-state index contributed by atoms with van der Waals surface area (Å²) in [4.78, 5) is 42.4. The fraction of sp³-hybridized carbons (Fsp3) is 0.406. The van der Waals surface area contributed by atoms with Crippen molar-refractivity contribution in [2.45, 2.75) is 79.1 Å². The first-order chi connectivity index (χ1) is 18.3. The van der Waals surface area contributed by atoms with Crippen LogP contribution in [-0.4, -0.2) is 40.5 Å². The highest BCUT2D eigenvalue weighted by atomic mass is 16.6. The lowest BCUT2D eigenvalue weighted by molar-refractivity contribution is -0.143. The van der Waals surface area contributed by atoms with Gasteiger partial charge in [0, 0.05) is 11.7 Å². The second-order valence-electron chi connectivity index (χ2n) is 11.5. The minimum absolute atomic E-state index is 0.243. The largest absolute Gasteiger partial charge is 0.444 e. The number of amides is 3. The lowest BCUT2D eigenvalue weighted by Gasteiger charge is -2.38. The van der Waals surface area contributed by atoms with Crippen LogP contribution in [0.3, 0.4) is 0 Å². The number of nitrogens with zero attached hydrogens (tertiary/aromatic N) is 1. The summed E-state index contributed by atoms with van der Waals surface area (Å²) in [6, 6.07) is 19.1. The van der Waals surface area contributed by atoms with E-state index in [2.05, 4.69) is 10.6 Å². The summed E-state index contributed by atoms with van der Waals surface area (Å²) in [5.41, 5.74) is 1.53. The summed E-state index contributed by atoms with van der Waals surface area (Å²) in [7, 11) is 0. The lowest BCUT2D eigenvalue weighted by atomic mass is 9.95. The van der Waals surface area contributed by atoms with Crippen molar-refractivity contribution in [3.63, 3.8) is 0 Å². The average Bonchev–Trinajstić information content (AvgIpc) is 2.84. The SMILES string of the molecule is Cc1ccccc1C(C(=O)Nc1ccc2ccccc2c1)N(C(=O)C(NC(=O)OC(C)(C)C)C(C)C)C(C)C. The van der Waals surface area contributed by atoms with Crippen molar-refractivity contribution in [2.75, 3.05) is 5.32 Å². The summed E-state index contributed by atoms with van der Waals surface area (Å²) in [6.45, 7) is 14.7. The van der Waals surface area contributed by atoms with Crippen LogP contribution in [0.4, 0.5) is 10.5 Å². The van der Waals surface area contributed by atoms with Crippen LogP contribution in [0.5, 0.6) is 0 Å². The van der Waals surface area contributed by atoms with E-state index in [0.717, 1.165) is 21.9 Å². The minimum atomic E-state index is -0.924. The first-order valence-corrected chi connectivity index (χ1v) is 13.5. The van der Waals surface area contributed by atoms with Gasteiger partial charge in [0.15, 0.2) is 0 Å². The van der Waals surface area contributed by atoms with Crippen LogP contribution >= 0.6 is 0 Å². The molecule has 0 saturated heterocycles. The number of fused-ring (bicyclic) bond motifs is 1. The smallest absolute Gasteiger partial charge is 0.408 e. The van der Waals surface area contributed by atoms with Gasteiger partial charge in [-0.15, -0.1) is 0 Å². The highest BCUT2D eigenvalue weighted by Crippen LogP contribution is 2.30. The van der Waals surface area contributed by atoms with Gasteiger partial charge in [0.25, 0.3) is 5.91 Å². The molecule has 3 amide bonds. The van der Waals surface area contributed by atoms with Crippen molar-refractivity contribution in [2.24, 2.45) is 5.92 Å². The first kappa shape index (κ1) is 29.7. The zero-order valence-corrected chi connectivity index (χ0v) is 24.2. The second-order valence-corrected chi connectivity index (χ2v) is 11.5. The monoisotopic (exact) mass is 531 g/mol. The van der Waals surface area contributed by atoms with Crippen molar-refractivity contribution in [1.82, 2.24) is 10.2 Å². The van der Waals surface area contributed by atoms with Gasteiger partial charge in [0.05, 0.1) is 0 Å². The van der Waals surface area contributed by atoms with E-state index in [-0.39, 0.29) is 23.8 Å². The zero-order valence-electron chi connectivity index (χ0n) is 24.2. The maximum absolute atomic E-state index is 14.2. The topological polar surface area (TPSA) is 87.7 Å². The summed E-state index contributed by atoms with van der Waals surface area (Å²) in [5, 5.41) is 7.87. The molecule has 0 spiro atoms. The highest BCUT2D eigenvalue weighted by molar-refractivity contribution is 6.00. The number of ether oxygens (including phenoxy) is 1. The summed E-state index contributed by atoms with van der Waals surface area (Å²) in [6.07, 6.45) is -0.675. The van der Waals surface area contributed by atoms with Gasteiger partial charge >= 0.3 is 6.09 Å². The third kappa shape index (κ3) is 7.59. The number of hydrogen-bond donors (Lipinski definition) is 2. The minimum Gasteiger partial charge on any atom is -0.444 e. The Kier molecular flexibility index (Phi) is 9.38. The van der Waals surface area contributed by atoms with Gasteiger partial charge in [-0.1, -0.05) is 68.4 Å². The lowest BCUT2D eigenvalue weighted by Crippen LogP contribution is -2.56. The Bertz CT molecular complexity index is 1330. The number of aryl methyl sites for hydroxylation is 1. The van der Waals surface area contributed by atoms with Crippen LogP contribution in [0.15, 0.2) is 66.7 Å². The van der Waals surface area contributed by atoms with Gasteiger partial charge in [-0.2, -0.15) is 0 Å². The van der Waals surface area contributed by atoms with Crippen molar-refractivity contribution in [1.29, 1.82) is 0 Å². The van der Waals surface area contributed by atoms with Crippen LogP contribution in [-0.2, 0) is 14.3 Å². The number of hydrogen-bond acceptors (Lipinski definition) is 4. The van der Waals surface area contributed by atoms with Crippen LogP contribution in [0.1, 0.15) is 65.6 Å². The number of nitrogens with one attached hydrogen (secondary N) is 2. The van der Waals surface area contributed by atoms with Crippen molar-refractivity contribution in [3.05, 3.63) is 77.9 Å². The predicted molar refractivity (Wildman–Crippen MR) is 156 cm³/mol. The molecule has 7 nitrogen and oxygen atoms in total. The van der Waals surface area contributed by atoms with E-state index in [0.29, 0.717) is 5.69 Å². The van der Waals surface area contributed by atoms with E-state index in [1.165, 1.54) is 0 Å². The normalized spacial score (nSPS) is 13.2. The highest BCUT2D eigenvalue weighted by Gasteiger charge is 2.39. The molecule has 0 aliphatic carbocycles. The molecule has 2 unspecified atom stereocenters. The maximum atomic E-state index is 14.2. The number of carbonyl (C=O) groups excluding carboxylic acids is 3. The number of alkyl carbamates (subject to hydrolysis) is 1. The van der Waals surface area contributed by atoms with Gasteiger partial charge in [0.2, 0.25) is 5.91 Å². The van der Waals surface area contributed by atoms with Crippen LogP contribution in [0, 0.1) is 12.8 Å². The van der Waals surface area contributed by atoms with E-state index in [1.54, 1.807) is 25.7 Å². The Balaban J connectivity index is 2.02. The van der Waals surface area contributed by atoms with Crippen molar-refractivity contribution >= 4 is 34.4 Å². The van der Waals surface area contributed by atoms with Gasteiger partial charge in [-0.25, -0.2) is 4.79 Å². The van der Waals surface area contributed by atoms with Gasteiger partial charge in [-0.3, -0.25) is 9.59 Å². The zero-order chi connectivity index (χ0) is 28.9. The van der Waals surface area contributed by atoms with E-state index in [1.807, 2.05) is 101 Å². The first-order valence-electron chi connectivity index (χ1n) is 13.5. The molecule has 3 aromatic rings. The maximum Gasteiger partial charge on any atom is 0.408 e. The molecule has 0 radical (unpaired) electrons. The molecule has 0 saturated carbocycles. The molecule has 3 rings (SSSR count). The molecule has 0 heterocycles. The Morgan fingerprint density at radius 3 is 2.05 bits per heavy atom. The molecule has 0 aromatic heterocycles. The summed E-state index contributed by atoms with van der Waals surface area (Å²) >= 11 is 0. The number of rotatable bonds is 8. The molecule has 2 N–H and O–H groups in total. The van der Waals surface area contributed by atoms with Gasteiger partial charge in [0.1, 0.15) is 17.7 Å². The standard InChI is InChI=1S/C32H41N3O4/c1-20(2)27(34-31(38)39-32(6,7)8)30(37)35(21(3)4)28(26-16-12-9-13-22(26)5)29(36)33-25-18-17-23-14-10-11-15-24(23)19-25/h9-21,27-28H,1-8H3,(H,33,36)(H,34,38). The third-order valence-corrected chi connectivity index (χ3v) is 6.44. The quantitative estimate of drug-likeness (QED) is 0.342. The molecular formula is C32H41N3O4. The molecule has 2 atom stereocenters. The third-order valence-electron chi connectivity index (χ3n) is 6.44. The van der Waals surface area contributed by atoms with E-state index in [9.17, 15) is 14.4 Å².